The van der Waals surface area contributed by atoms with Crippen LogP contribution < -0.4 is 0 Å². The maximum absolute atomic E-state index is 11.7. The number of aromatic amines is 1. The number of hydrogen-bond acceptors (Lipinski definition) is 1. The topological polar surface area (TPSA) is 36.0 Å². The molecule has 2 aliphatic rings. The van der Waals surface area contributed by atoms with Crippen LogP contribution in [-0.2, 0) is 6.42 Å². The summed E-state index contributed by atoms with van der Waals surface area (Å²) in [7, 11) is 0. The second-order valence-electron chi connectivity index (χ2n) is 9.30. The van der Waals surface area contributed by atoms with E-state index in [0.717, 1.165) is 37.9 Å². The standard InChI is InChI=1S/C24H37N2O/c27-26(18-20-9-3-1-4-10-20,19-21-11-5-2-6-12-21)16-15-22-17-25-24-14-8-7-13-23(22)24/h7-8,13-14,17,20-21,25,27H,1-6,9-12,15-16,18-19H2/q+1. The first-order chi connectivity index (χ1) is 13.2. The molecule has 0 atom stereocenters. The Morgan fingerprint density at radius 2 is 1.44 bits per heavy atom. The van der Waals surface area contributed by atoms with Crippen LogP contribution in [0.5, 0.6) is 0 Å². The van der Waals surface area contributed by atoms with Gasteiger partial charge in [-0.15, -0.1) is 0 Å². The van der Waals surface area contributed by atoms with Gasteiger partial charge in [0.15, 0.2) is 0 Å². The van der Waals surface area contributed by atoms with Crippen LogP contribution >= 0.6 is 0 Å². The Morgan fingerprint density at radius 3 is 2.07 bits per heavy atom. The lowest BCUT2D eigenvalue weighted by Crippen LogP contribution is -2.52. The average Bonchev–Trinajstić information content (AvgIpc) is 3.11. The van der Waals surface area contributed by atoms with E-state index in [1.807, 2.05) is 0 Å². The van der Waals surface area contributed by atoms with Gasteiger partial charge >= 0.3 is 0 Å². The summed E-state index contributed by atoms with van der Waals surface area (Å²) in [6.45, 7) is 2.80. The van der Waals surface area contributed by atoms with E-state index in [1.54, 1.807) is 0 Å². The lowest BCUT2D eigenvalue weighted by atomic mass is 9.86. The molecule has 0 unspecified atom stereocenters. The largest absolute Gasteiger partial charge is 0.361 e. The van der Waals surface area contributed by atoms with E-state index in [2.05, 4.69) is 35.4 Å². The van der Waals surface area contributed by atoms with Gasteiger partial charge in [-0.05, 0) is 37.3 Å². The minimum absolute atomic E-state index is 0.300. The van der Waals surface area contributed by atoms with Gasteiger partial charge in [0.25, 0.3) is 0 Å². The smallest absolute Gasteiger partial charge is 0.113 e. The number of quaternary nitrogens is 1. The molecule has 148 valence electrons. The molecule has 2 aliphatic carbocycles. The number of fused-ring (bicyclic) bond motifs is 1. The maximum Gasteiger partial charge on any atom is 0.113 e. The molecule has 1 heterocycles. The molecule has 1 aromatic carbocycles. The van der Waals surface area contributed by atoms with Crippen molar-refractivity contribution in [3.63, 3.8) is 0 Å². The van der Waals surface area contributed by atoms with Crippen molar-refractivity contribution in [1.29, 1.82) is 0 Å². The lowest BCUT2D eigenvalue weighted by Gasteiger charge is -2.38. The predicted octanol–water partition coefficient (Wildman–Crippen LogP) is 6.08. The van der Waals surface area contributed by atoms with Gasteiger partial charge in [-0.1, -0.05) is 56.7 Å². The number of para-hydroxylation sites is 1. The number of H-pyrrole nitrogens is 1. The number of hydrogen-bond donors (Lipinski definition) is 2. The molecular formula is C24H37N2O+. The number of benzene rings is 1. The molecule has 0 spiro atoms. The van der Waals surface area contributed by atoms with Gasteiger partial charge in [0, 0.05) is 35.4 Å². The first kappa shape index (κ1) is 19.0. The van der Waals surface area contributed by atoms with Crippen molar-refractivity contribution in [2.45, 2.75) is 70.6 Å². The molecule has 0 aliphatic heterocycles. The number of aromatic nitrogens is 1. The molecule has 2 fully saturated rings. The zero-order chi connectivity index (χ0) is 18.5. The second-order valence-corrected chi connectivity index (χ2v) is 9.30. The fourth-order valence-electron chi connectivity index (χ4n) is 5.62. The predicted molar refractivity (Wildman–Crippen MR) is 112 cm³/mol. The zero-order valence-corrected chi connectivity index (χ0v) is 16.8. The summed E-state index contributed by atoms with van der Waals surface area (Å²) in [5.41, 5.74) is 2.57. The lowest BCUT2D eigenvalue weighted by molar-refractivity contribution is -1.11. The fourth-order valence-corrected chi connectivity index (χ4v) is 5.62. The summed E-state index contributed by atoms with van der Waals surface area (Å²) >= 11 is 0. The Hall–Kier alpha value is -1.32. The summed E-state index contributed by atoms with van der Waals surface area (Å²) in [6, 6.07) is 8.55. The number of hydroxylamine groups is 3. The van der Waals surface area contributed by atoms with Crippen LogP contribution in [0.1, 0.15) is 69.8 Å². The summed E-state index contributed by atoms with van der Waals surface area (Å²) in [5, 5.41) is 13.0. The SMILES string of the molecule is O[N+](CCc1c[nH]c2ccccc12)(CC1CCCCC1)CC1CCCCC1. The molecule has 27 heavy (non-hydrogen) atoms. The second kappa shape index (κ2) is 8.79. The van der Waals surface area contributed by atoms with Gasteiger partial charge in [0.1, 0.15) is 19.6 Å². The van der Waals surface area contributed by atoms with Crippen molar-refractivity contribution >= 4 is 10.9 Å². The van der Waals surface area contributed by atoms with E-state index in [4.69, 9.17) is 0 Å². The molecule has 0 amide bonds. The van der Waals surface area contributed by atoms with Gasteiger partial charge in [0.05, 0.1) is 0 Å². The van der Waals surface area contributed by atoms with E-state index in [9.17, 15) is 5.21 Å². The highest BCUT2D eigenvalue weighted by atomic mass is 16.5. The van der Waals surface area contributed by atoms with Crippen molar-refractivity contribution in [2.75, 3.05) is 19.6 Å². The van der Waals surface area contributed by atoms with E-state index in [1.165, 1.54) is 80.7 Å². The zero-order valence-electron chi connectivity index (χ0n) is 16.8. The Labute approximate surface area is 164 Å². The van der Waals surface area contributed by atoms with E-state index < -0.39 is 0 Å². The molecule has 1 aromatic heterocycles. The van der Waals surface area contributed by atoms with Crippen LogP contribution in [0.3, 0.4) is 0 Å². The average molecular weight is 370 g/mol. The molecule has 0 radical (unpaired) electrons. The highest BCUT2D eigenvalue weighted by Crippen LogP contribution is 2.31. The number of nitrogens with one attached hydrogen (secondary N) is 1. The van der Waals surface area contributed by atoms with Crippen molar-refractivity contribution in [3.05, 3.63) is 36.0 Å². The van der Waals surface area contributed by atoms with Crippen molar-refractivity contribution < 1.29 is 9.85 Å². The van der Waals surface area contributed by atoms with Crippen molar-refractivity contribution in [3.8, 4) is 0 Å². The normalized spacial score (nSPS) is 20.3. The molecular weight excluding hydrogens is 332 g/mol. The van der Waals surface area contributed by atoms with Crippen LogP contribution in [0.15, 0.2) is 30.5 Å². The van der Waals surface area contributed by atoms with E-state index in [-0.39, 0.29) is 0 Å². The van der Waals surface area contributed by atoms with Crippen LogP contribution in [-0.4, -0.2) is 34.5 Å². The highest BCUT2D eigenvalue weighted by molar-refractivity contribution is 5.82. The third kappa shape index (κ3) is 4.94. The van der Waals surface area contributed by atoms with Crippen molar-refractivity contribution in [2.24, 2.45) is 11.8 Å². The van der Waals surface area contributed by atoms with Gasteiger partial charge in [-0.2, -0.15) is 4.65 Å². The van der Waals surface area contributed by atoms with Crippen molar-refractivity contribution in [1.82, 2.24) is 4.98 Å². The van der Waals surface area contributed by atoms with E-state index >= 15 is 0 Å². The van der Waals surface area contributed by atoms with Crippen LogP contribution in [0.4, 0.5) is 0 Å². The summed E-state index contributed by atoms with van der Waals surface area (Å²) in [4.78, 5) is 3.40. The van der Waals surface area contributed by atoms with Gasteiger partial charge in [-0.3, -0.25) is 0 Å². The summed E-state index contributed by atoms with van der Waals surface area (Å²) < 4.78 is 0.300. The monoisotopic (exact) mass is 369 g/mol. The maximum atomic E-state index is 11.7. The Balaban J connectivity index is 1.45. The number of rotatable bonds is 7. The molecule has 0 bridgehead atoms. The first-order valence-corrected chi connectivity index (χ1v) is 11.4. The van der Waals surface area contributed by atoms with Crippen LogP contribution in [0, 0.1) is 11.8 Å². The Morgan fingerprint density at radius 1 is 0.852 bits per heavy atom. The Bertz CT molecular complexity index is 690. The minimum Gasteiger partial charge on any atom is -0.361 e. The van der Waals surface area contributed by atoms with Gasteiger partial charge in [0.2, 0.25) is 0 Å². The third-order valence-corrected chi connectivity index (χ3v) is 7.12. The molecule has 2 saturated carbocycles. The molecule has 0 saturated heterocycles. The highest BCUT2D eigenvalue weighted by Gasteiger charge is 2.34. The molecule has 3 heteroatoms. The number of nitrogens with zero attached hydrogens (tertiary/aromatic N) is 1. The summed E-state index contributed by atoms with van der Waals surface area (Å²) in [6.07, 6.45) is 16.6. The quantitative estimate of drug-likeness (QED) is 0.450. The van der Waals surface area contributed by atoms with Crippen LogP contribution in [0.2, 0.25) is 0 Å². The first-order valence-electron chi connectivity index (χ1n) is 11.4. The molecule has 2 aromatic rings. The van der Waals surface area contributed by atoms with Gasteiger partial charge in [-0.25, -0.2) is 5.21 Å². The third-order valence-electron chi connectivity index (χ3n) is 7.12. The Kier molecular flexibility index (Phi) is 6.19. The van der Waals surface area contributed by atoms with Crippen LogP contribution in [0.25, 0.3) is 10.9 Å². The minimum atomic E-state index is 0.300. The molecule has 2 N–H and O–H groups in total. The molecule has 4 rings (SSSR count). The fraction of sp³-hybridized carbons (Fsp3) is 0.667. The van der Waals surface area contributed by atoms with Gasteiger partial charge < -0.3 is 4.98 Å². The molecule has 3 nitrogen and oxygen atoms in total. The van der Waals surface area contributed by atoms with E-state index in [0.29, 0.717) is 4.65 Å². The summed E-state index contributed by atoms with van der Waals surface area (Å²) in [5.74, 6) is 1.44.